The molecule has 1 aromatic heterocycles. The summed E-state index contributed by atoms with van der Waals surface area (Å²) in [5, 5.41) is 3.87. The molecular formula is C29H26ClFN6. The first-order valence-electron chi connectivity index (χ1n) is 12.3. The molecule has 0 amide bonds. The third-order valence-electron chi connectivity index (χ3n) is 6.82. The molecule has 2 aliphatic heterocycles. The summed E-state index contributed by atoms with van der Waals surface area (Å²) in [6, 6.07) is 20.8. The molecule has 0 saturated carbocycles. The van der Waals surface area contributed by atoms with Gasteiger partial charge in [-0.05, 0) is 48.4 Å². The van der Waals surface area contributed by atoms with Gasteiger partial charge in [-0.15, -0.1) is 0 Å². The van der Waals surface area contributed by atoms with Crippen LogP contribution >= 0.6 is 11.6 Å². The minimum Gasteiger partial charge on any atom is -0.326 e. The van der Waals surface area contributed by atoms with Crippen molar-refractivity contribution in [1.29, 1.82) is 0 Å². The van der Waals surface area contributed by atoms with Crippen LogP contribution < -0.4 is 11.1 Å². The minimum atomic E-state index is -0.331. The number of likely N-dealkylation sites (tertiary alicyclic amines) is 1. The molecule has 1 atom stereocenters. The summed E-state index contributed by atoms with van der Waals surface area (Å²) in [5.74, 6) is 0.148. The van der Waals surface area contributed by atoms with Gasteiger partial charge in [0.05, 0.1) is 18.0 Å². The van der Waals surface area contributed by atoms with Gasteiger partial charge in [-0.25, -0.2) is 14.4 Å². The monoisotopic (exact) mass is 512 g/mol. The van der Waals surface area contributed by atoms with Crippen molar-refractivity contribution in [3.8, 4) is 11.3 Å². The number of aromatic nitrogens is 2. The van der Waals surface area contributed by atoms with Gasteiger partial charge < -0.3 is 11.1 Å². The molecular weight excluding hydrogens is 487 g/mol. The van der Waals surface area contributed by atoms with Gasteiger partial charge in [-0.1, -0.05) is 41.9 Å². The Balaban J connectivity index is 1.29. The summed E-state index contributed by atoms with van der Waals surface area (Å²) >= 11 is 6.36. The molecule has 0 radical (unpaired) electrons. The van der Waals surface area contributed by atoms with Crippen molar-refractivity contribution in [2.75, 3.05) is 18.4 Å². The second-order valence-corrected chi connectivity index (χ2v) is 9.94. The van der Waals surface area contributed by atoms with Gasteiger partial charge in [0.15, 0.2) is 0 Å². The topological polar surface area (TPSA) is 79.4 Å². The van der Waals surface area contributed by atoms with Crippen molar-refractivity contribution in [3.05, 3.63) is 106 Å². The van der Waals surface area contributed by atoms with Crippen LogP contribution in [0.15, 0.2) is 77.9 Å². The highest BCUT2D eigenvalue weighted by molar-refractivity contribution is 6.31. The number of rotatable bonds is 5. The van der Waals surface area contributed by atoms with E-state index in [1.807, 2.05) is 30.3 Å². The van der Waals surface area contributed by atoms with Gasteiger partial charge in [0, 0.05) is 64.8 Å². The average Bonchev–Trinajstić information content (AvgIpc) is 3.24. The highest BCUT2D eigenvalue weighted by Crippen LogP contribution is 2.34. The molecule has 6 nitrogen and oxygen atoms in total. The lowest BCUT2D eigenvalue weighted by atomic mass is 9.95. The van der Waals surface area contributed by atoms with Crippen LogP contribution in [-0.4, -0.2) is 39.7 Å². The Bertz CT molecular complexity index is 1490. The van der Waals surface area contributed by atoms with Crippen molar-refractivity contribution < 1.29 is 4.39 Å². The van der Waals surface area contributed by atoms with Crippen LogP contribution in [-0.2, 0) is 13.1 Å². The fourth-order valence-corrected chi connectivity index (χ4v) is 5.13. The van der Waals surface area contributed by atoms with Crippen LogP contribution in [0.2, 0.25) is 5.02 Å². The Labute approximate surface area is 220 Å². The summed E-state index contributed by atoms with van der Waals surface area (Å²) in [6.45, 7) is 3.21. The van der Waals surface area contributed by atoms with E-state index in [4.69, 9.17) is 27.3 Å². The molecule has 0 aliphatic carbocycles. The number of aliphatic imine (C=N–C) groups is 1. The highest BCUT2D eigenvalue weighted by atomic mass is 35.5. The number of anilines is 2. The average molecular weight is 513 g/mol. The van der Waals surface area contributed by atoms with E-state index in [1.165, 1.54) is 11.6 Å². The third kappa shape index (κ3) is 4.98. The Hall–Kier alpha value is -3.65. The zero-order chi connectivity index (χ0) is 25.4. The number of hydrogen-bond acceptors (Lipinski definition) is 6. The third-order valence-corrected chi connectivity index (χ3v) is 7.05. The largest absolute Gasteiger partial charge is 0.326 e. The Morgan fingerprint density at radius 3 is 2.65 bits per heavy atom. The zero-order valence-electron chi connectivity index (χ0n) is 20.2. The maximum atomic E-state index is 14.7. The van der Waals surface area contributed by atoms with Gasteiger partial charge in [0.25, 0.3) is 0 Å². The predicted molar refractivity (Wildman–Crippen MR) is 146 cm³/mol. The van der Waals surface area contributed by atoms with Gasteiger partial charge in [-0.2, -0.15) is 0 Å². The molecule has 8 heteroatoms. The maximum absolute atomic E-state index is 14.7. The molecule has 1 unspecified atom stereocenters. The second kappa shape index (κ2) is 10.0. The van der Waals surface area contributed by atoms with E-state index in [2.05, 4.69) is 27.3 Å². The van der Waals surface area contributed by atoms with Crippen molar-refractivity contribution in [2.24, 2.45) is 10.7 Å². The maximum Gasteiger partial charge on any atom is 0.227 e. The molecule has 2 aliphatic rings. The van der Waals surface area contributed by atoms with Crippen LogP contribution in [0.4, 0.5) is 16.0 Å². The molecule has 0 bridgehead atoms. The number of fused-ring (bicyclic) bond motifs is 3. The van der Waals surface area contributed by atoms with E-state index < -0.39 is 0 Å². The lowest BCUT2D eigenvalue weighted by molar-refractivity contribution is 0.327. The molecule has 3 aromatic carbocycles. The molecule has 186 valence electrons. The fourth-order valence-electron chi connectivity index (χ4n) is 4.95. The normalized spacial score (nSPS) is 17.1. The summed E-state index contributed by atoms with van der Waals surface area (Å²) in [6.07, 6.45) is 2.83. The Morgan fingerprint density at radius 2 is 1.86 bits per heavy atom. The quantitative estimate of drug-likeness (QED) is 0.366. The Morgan fingerprint density at radius 1 is 1.03 bits per heavy atom. The van der Waals surface area contributed by atoms with Crippen molar-refractivity contribution >= 4 is 28.9 Å². The minimum absolute atomic E-state index is 0.278. The number of nitrogens with two attached hydrogens (primary N) is 1. The van der Waals surface area contributed by atoms with Gasteiger partial charge in [0.1, 0.15) is 5.82 Å². The standard InChI is InChI=1S/C29H26ClFN6/c30-20-7-10-23-25(13-20)28(24-3-1-2-4-26(24)31)33-14-19-15-34-29(36-27(19)23)35-22-8-5-18(6-9-22)16-37-12-11-21(32)17-37/h1-10,13,15,21H,11-12,14,16-17,32H2,(H,34,35,36). The van der Waals surface area contributed by atoms with Crippen LogP contribution in [0, 0.1) is 5.82 Å². The molecule has 3 heterocycles. The molecule has 37 heavy (non-hydrogen) atoms. The lowest BCUT2D eigenvalue weighted by Gasteiger charge is -2.15. The first kappa shape index (κ1) is 23.7. The smallest absolute Gasteiger partial charge is 0.227 e. The van der Waals surface area contributed by atoms with E-state index in [9.17, 15) is 4.39 Å². The van der Waals surface area contributed by atoms with Crippen molar-refractivity contribution in [1.82, 2.24) is 14.9 Å². The highest BCUT2D eigenvalue weighted by Gasteiger charge is 2.23. The van der Waals surface area contributed by atoms with Crippen molar-refractivity contribution in [3.63, 3.8) is 0 Å². The summed E-state index contributed by atoms with van der Waals surface area (Å²) in [5.41, 5.74) is 12.3. The van der Waals surface area contributed by atoms with Crippen LogP contribution in [0.3, 0.4) is 0 Å². The lowest BCUT2D eigenvalue weighted by Crippen LogP contribution is -2.26. The van der Waals surface area contributed by atoms with E-state index in [1.54, 1.807) is 24.4 Å². The van der Waals surface area contributed by atoms with Gasteiger partial charge in [-0.3, -0.25) is 9.89 Å². The number of nitrogens with one attached hydrogen (secondary N) is 1. The summed E-state index contributed by atoms with van der Waals surface area (Å²) in [7, 11) is 0. The van der Waals surface area contributed by atoms with Gasteiger partial charge >= 0.3 is 0 Å². The first-order valence-corrected chi connectivity index (χ1v) is 12.7. The molecule has 6 rings (SSSR count). The SMILES string of the molecule is NC1CCN(Cc2ccc(Nc3ncc4c(n3)-c3ccc(Cl)cc3C(c3ccccc3F)=NC4)cc2)C1. The second-order valence-electron chi connectivity index (χ2n) is 9.51. The molecule has 3 N–H and O–H groups in total. The number of halogens is 2. The van der Waals surface area contributed by atoms with Crippen LogP contribution in [0.5, 0.6) is 0 Å². The molecule has 1 saturated heterocycles. The Kier molecular flexibility index (Phi) is 6.42. The summed E-state index contributed by atoms with van der Waals surface area (Å²) < 4.78 is 14.7. The fraction of sp³-hybridized carbons (Fsp3) is 0.207. The van der Waals surface area contributed by atoms with E-state index >= 15 is 0 Å². The molecule has 1 fully saturated rings. The van der Waals surface area contributed by atoms with E-state index in [-0.39, 0.29) is 11.9 Å². The van der Waals surface area contributed by atoms with Crippen LogP contribution in [0.1, 0.15) is 28.7 Å². The zero-order valence-corrected chi connectivity index (χ0v) is 20.9. The predicted octanol–water partition coefficient (Wildman–Crippen LogP) is 5.56. The molecule has 4 aromatic rings. The number of nitrogens with zero attached hydrogens (tertiary/aromatic N) is 4. The summed E-state index contributed by atoms with van der Waals surface area (Å²) in [4.78, 5) is 16.5. The van der Waals surface area contributed by atoms with Gasteiger partial charge in [0.2, 0.25) is 5.95 Å². The van der Waals surface area contributed by atoms with E-state index in [0.717, 1.165) is 54.1 Å². The van der Waals surface area contributed by atoms with E-state index in [0.29, 0.717) is 28.8 Å². The number of hydrogen-bond donors (Lipinski definition) is 2. The number of benzene rings is 3. The molecule has 0 spiro atoms. The first-order chi connectivity index (χ1) is 18.0. The van der Waals surface area contributed by atoms with Crippen molar-refractivity contribution in [2.45, 2.75) is 25.6 Å². The van der Waals surface area contributed by atoms with Crippen LogP contribution in [0.25, 0.3) is 11.3 Å².